The number of anilines is 1. The van der Waals surface area contributed by atoms with Gasteiger partial charge in [0.1, 0.15) is 39.3 Å². The number of hydrogen-bond donors (Lipinski definition) is 4. The van der Waals surface area contributed by atoms with Crippen molar-refractivity contribution in [2.75, 3.05) is 37.9 Å². The second-order valence-electron chi connectivity index (χ2n) is 10.6. The number of fused-ring (bicyclic) bond motifs is 1. The molecule has 1 heterocycles. The van der Waals surface area contributed by atoms with Gasteiger partial charge in [0.15, 0.2) is 7.60 Å². The molecule has 3 aromatic carbocycles. The quantitative estimate of drug-likeness (QED) is 0.0714. The third kappa shape index (κ3) is 13.3. The first kappa shape index (κ1) is 42.6. The Hall–Kier alpha value is -4.81. The predicted octanol–water partition coefficient (Wildman–Crippen LogP) is 1.35. The van der Waals surface area contributed by atoms with Gasteiger partial charge in [0, 0.05) is 40.9 Å². The zero-order valence-corrected chi connectivity index (χ0v) is 30.0. The van der Waals surface area contributed by atoms with Crippen LogP contribution < -0.4 is 45.5 Å². The molecule has 1 atom stereocenters. The second kappa shape index (κ2) is 18.8. The van der Waals surface area contributed by atoms with Gasteiger partial charge in [-0.1, -0.05) is 0 Å². The van der Waals surface area contributed by atoms with E-state index in [9.17, 15) is 40.2 Å². The van der Waals surface area contributed by atoms with E-state index in [2.05, 4.69) is 16.8 Å². The highest BCUT2D eigenvalue weighted by molar-refractivity contribution is 7.92. The van der Waals surface area contributed by atoms with Crippen molar-refractivity contribution in [3.8, 4) is 23.3 Å². The maximum Gasteiger partial charge on any atom is 0.430 e. The summed E-state index contributed by atoms with van der Waals surface area (Å²) in [5, 5.41) is 20.9. The van der Waals surface area contributed by atoms with E-state index < -0.39 is 53.5 Å². The minimum atomic E-state index is -5.19. The molecule has 0 aliphatic heterocycles. The number of carboxylic acids is 1. The lowest BCUT2D eigenvalue weighted by molar-refractivity contribution is -0.369. The number of nitrogens with one attached hydrogen (secondary N) is 2. The van der Waals surface area contributed by atoms with Gasteiger partial charge in [0.05, 0.1) is 38.2 Å². The molecule has 0 bridgehead atoms. The third-order valence-electron chi connectivity index (χ3n) is 6.47. The molecule has 0 aliphatic rings. The molecule has 8 N–H and O–H groups in total. The molecular weight excluding hydrogens is 773 g/mol. The van der Waals surface area contributed by atoms with E-state index >= 15 is 0 Å². The van der Waals surface area contributed by atoms with Gasteiger partial charge in [-0.05, 0) is 53.9 Å². The number of ether oxygens (including phenoxy) is 2. The van der Waals surface area contributed by atoms with Crippen LogP contribution in [0.2, 0.25) is 0 Å². The minimum Gasteiger partial charge on any atom is -0.768 e. The first-order chi connectivity index (χ1) is 24.9. The topological polar surface area (TPSA) is 262 Å². The van der Waals surface area contributed by atoms with Crippen LogP contribution in [0.25, 0.3) is 10.1 Å². The van der Waals surface area contributed by atoms with E-state index in [1.165, 1.54) is 6.07 Å². The van der Waals surface area contributed by atoms with Crippen LogP contribution in [0.3, 0.4) is 0 Å². The SMILES string of the molecule is N#Cc1ccc(OP(=O)([O-])CNS(=O)(=O)c2cc3cc(NC(=O)c4cc(OCCC[NH3+])cc(OCCC[NH3+])c4)ccc3s2)cc1F.O=C([O-])C(F)(F)F. The van der Waals surface area contributed by atoms with Crippen molar-refractivity contribution in [3.63, 3.8) is 0 Å². The van der Waals surface area contributed by atoms with Crippen LogP contribution in [-0.2, 0) is 19.4 Å². The zero-order valence-electron chi connectivity index (χ0n) is 27.4. The molecule has 0 spiro atoms. The number of quaternary nitrogens is 2. The number of carbonyl (C=O) groups excluding carboxylic acids is 2. The van der Waals surface area contributed by atoms with Crippen molar-refractivity contribution in [2.45, 2.75) is 23.2 Å². The number of nitriles is 1. The lowest BCUT2D eigenvalue weighted by Gasteiger charge is -2.24. The number of nitrogens with zero attached hydrogens (tertiary/aromatic N) is 1. The minimum absolute atomic E-state index is 0.174. The normalized spacial score (nSPS) is 12.5. The van der Waals surface area contributed by atoms with Gasteiger partial charge < -0.3 is 45.6 Å². The predicted molar refractivity (Wildman–Crippen MR) is 178 cm³/mol. The van der Waals surface area contributed by atoms with E-state index in [1.807, 2.05) is 4.72 Å². The van der Waals surface area contributed by atoms with Crippen molar-refractivity contribution in [3.05, 3.63) is 77.6 Å². The van der Waals surface area contributed by atoms with Crippen molar-refractivity contribution in [2.24, 2.45) is 0 Å². The Morgan fingerprint density at radius 3 is 2.08 bits per heavy atom. The molecule has 0 fully saturated rings. The Morgan fingerprint density at radius 1 is 0.943 bits per heavy atom. The molecular formula is C31H32F4N5O10PS2. The van der Waals surface area contributed by atoms with Gasteiger partial charge in [-0.3, -0.25) is 9.36 Å². The summed E-state index contributed by atoms with van der Waals surface area (Å²) in [7, 11) is -9.14. The van der Waals surface area contributed by atoms with Crippen LogP contribution in [0.4, 0.5) is 23.2 Å². The van der Waals surface area contributed by atoms with Crippen LogP contribution in [-0.4, -0.2) is 59.1 Å². The number of rotatable bonds is 16. The van der Waals surface area contributed by atoms with Crippen LogP contribution in [0.5, 0.6) is 17.2 Å². The Bertz CT molecular complexity index is 2100. The number of alkyl halides is 3. The summed E-state index contributed by atoms with van der Waals surface area (Å²) in [6.45, 7) is 2.26. The zero-order chi connectivity index (χ0) is 39.4. The fourth-order valence-electron chi connectivity index (χ4n) is 3.96. The van der Waals surface area contributed by atoms with Crippen LogP contribution in [0.1, 0.15) is 28.8 Å². The lowest BCUT2D eigenvalue weighted by Crippen LogP contribution is -2.50. The van der Waals surface area contributed by atoms with Crippen molar-refractivity contribution >= 4 is 56.6 Å². The monoisotopic (exact) mass is 805 g/mol. The van der Waals surface area contributed by atoms with Gasteiger partial charge in [-0.25, -0.2) is 17.5 Å². The maximum absolute atomic E-state index is 13.8. The lowest BCUT2D eigenvalue weighted by atomic mass is 10.1. The number of sulfonamides is 1. The average molecular weight is 806 g/mol. The van der Waals surface area contributed by atoms with Gasteiger partial charge in [-0.15, -0.1) is 11.3 Å². The largest absolute Gasteiger partial charge is 0.768 e. The average Bonchev–Trinajstić information content (AvgIpc) is 3.52. The molecule has 0 saturated heterocycles. The molecule has 4 rings (SSSR count). The summed E-state index contributed by atoms with van der Waals surface area (Å²) in [5.74, 6) is -3.90. The molecule has 1 aromatic heterocycles. The maximum atomic E-state index is 13.8. The Kier molecular flexibility index (Phi) is 15.1. The van der Waals surface area contributed by atoms with Gasteiger partial charge in [-0.2, -0.15) is 18.4 Å². The second-order valence-corrected chi connectivity index (χ2v) is 15.4. The number of amides is 1. The van der Waals surface area contributed by atoms with Crippen LogP contribution in [0.15, 0.2) is 64.9 Å². The van der Waals surface area contributed by atoms with Crippen molar-refractivity contribution in [1.29, 1.82) is 5.26 Å². The smallest absolute Gasteiger partial charge is 0.430 e. The number of carboxylic acid groups (broad SMARTS) is 1. The Labute approximate surface area is 303 Å². The molecule has 4 aromatic rings. The number of benzene rings is 3. The summed E-state index contributed by atoms with van der Waals surface area (Å²) in [6.07, 6.45) is -4.82. The van der Waals surface area contributed by atoms with Crippen LogP contribution >= 0.6 is 18.9 Å². The molecule has 0 radical (unpaired) electrons. The summed E-state index contributed by atoms with van der Waals surface area (Å²) >= 11 is 0.894. The third-order valence-corrected chi connectivity index (χ3v) is 10.7. The van der Waals surface area contributed by atoms with E-state index in [-0.39, 0.29) is 9.77 Å². The van der Waals surface area contributed by atoms with Crippen molar-refractivity contribution < 1.29 is 75.6 Å². The Balaban J connectivity index is 0.000000980. The van der Waals surface area contributed by atoms with Gasteiger partial charge in [0.25, 0.3) is 15.9 Å². The summed E-state index contributed by atoms with van der Waals surface area (Å²) < 4.78 is 102. The number of aliphatic carboxylic acids is 1. The van der Waals surface area contributed by atoms with Gasteiger partial charge >= 0.3 is 6.18 Å². The number of halogens is 4. The molecule has 22 heteroatoms. The van der Waals surface area contributed by atoms with Crippen LogP contribution in [0, 0.1) is 17.1 Å². The molecule has 15 nitrogen and oxygen atoms in total. The molecule has 53 heavy (non-hydrogen) atoms. The summed E-state index contributed by atoms with van der Waals surface area (Å²) in [4.78, 5) is 34.4. The highest BCUT2D eigenvalue weighted by atomic mass is 32.2. The molecule has 1 unspecified atom stereocenters. The fourth-order valence-corrected chi connectivity index (χ4v) is 7.85. The molecule has 286 valence electrons. The highest BCUT2D eigenvalue weighted by Crippen LogP contribution is 2.38. The number of thiophene rings is 1. The van der Waals surface area contributed by atoms with Gasteiger partial charge in [0.2, 0.25) is 0 Å². The Morgan fingerprint density at radius 2 is 1.55 bits per heavy atom. The number of hydrogen-bond acceptors (Lipinski definition) is 12. The molecule has 0 saturated carbocycles. The van der Waals surface area contributed by atoms with E-state index in [1.54, 1.807) is 42.5 Å². The van der Waals surface area contributed by atoms with Crippen molar-refractivity contribution in [1.82, 2.24) is 4.72 Å². The first-order valence-electron chi connectivity index (χ1n) is 15.2. The standard InChI is InChI=1S/C29H31FN5O8PS2.C2HF3O2/c30-26-16-23(5-3-19(26)17-33)43-44(37,38)18-34-46(39,40)28-14-20-11-22(4-6-27(20)45-28)35-29(36)21-12-24(41-9-1-7-31)15-25(13-21)42-10-2-8-32;3-2(4,5)1(6)7/h3-6,11-16,34H,1-2,7-10,18,31-32H2,(H,35,36)(H,37,38);(H,6,7). The summed E-state index contributed by atoms with van der Waals surface area (Å²) in [5.41, 5.74) is 7.97. The highest BCUT2D eigenvalue weighted by Gasteiger charge is 2.29. The molecule has 0 aliphatic carbocycles. The van der Waals surface area contributed by atoms with E-state index in [0.29, 0.717) is 65.2 Å². The van der Waals surface area contributed by atoms with E-state index in [4.69, 9.17) is 29.2 Å². The first-order valence-corrected chi connectivity index (χ1v) is 19.2. The number of carbonyl (C=O) groups is 2. The van der Waals surface area contributed by atoms with E-state index in [0.717, 1.165) is 36.3 Å². The summed E-state index contributed by atoms with van der Waals surface area (Å²) in [6, 6.07) is 15.5. The fraction of sp³-hybridized carbons (Fsp3) is 0.258. The molecule has 1 amide bonds.